The fourth-order valence-electron chi connectivity index (χ4n) is 3.09. The van der Waals surface area contributed by atoms with Gasteiger partial charge in [0.2, 0.25) is 0 Å². The molecule has 0 aliphatic carbocycles. The molecular formula is C20H20N4O2. The van der Waals surface area contributed by atoms with Gasteiger partial charge in [-0.25, -0.2) is 4.98 Å². The van der Waals surface area contributed by atoms with E-state index in [1.54, 1.807) is 6.20 Å². The van der Waals surface area contributed by atoms with Gasteiger partial charge in [0, 0.05) is 24.7 Å². The number of aromatic nitrogens is 2. The fourth-order valence-corrected chi connectivity index (χ4v) is 3.09. The van der Waals surface area contributed by atoms with E-state index in [9.17, 15) is 4.79 Å². The first-order valence-electron chi connectivity index (χ1n) is 8.72. The van der Waals surface area contributed by atoms with Crippen LogP contribution in [0.5, 0.6) is 0 Å². The Morgan fingerprint density at radius 3 is 2.81 bits per heavy atom. The first-order valence-corrected chi connectivity index (χ1v) is 8.72. The summed E-state index contributed by atoms with van der Waals surface area (Å²) in [6, 6.07) is 15.5. The minimum Gasteiger partial charge on any atom is -0.378 e. The fraction of sp³-hybridized carbons (Fsp3) is 0.250. The van der Waals surface area contributed by atoms with Crippen LogP contribution in [0.1, 0.15) is 16.2 Å². The van der Waals surface area contributed by atoms with Crippen molar-refractivity contribution in [3.8, 4) is 0 Å². The van der Waals surface area contributed by atoms with Crippen molar-refractivity contribution < 1.29 is 9.53 Å². The number of hydrogen-bond donors (Lipinski definition) is 1. The number of anilines is 1. The molecular weight excluding hydrogens is 328 g/mol. The van der Waals surface area contributed by atoms with Crippen LogP contribution >= 0.6 is 0 Å². The third kappa shape index (κ3) is 3.50. The minimum absolute atomic E-state index is 0.194. The summed E-state index contributed by atoms with van der Waals surface area (Å²) in [6.07, 6.45) is 1.66. The Balaban J connectivity index is 1.47. The number of rotatable bonds is 4. The smallest absolute Gasteiger partial charge is 0.270 e. The molecule has 4 rings (SSSR count). The molecule has 1 aromatic carbocycles. The molecule has 0 radical (unpaired) electrons. The molecule has 26 heavy (non-hydrogen) atoms. The van der Waals surface area contributed by atoms with Crippen molar-refractivity contribution in [2.75, 3.05) is 31.2 Å². The molecule has 0 unspecified atom stereocenters. The second-order valence-electron chi connectivity index (χ2n) is 6.15. The van der Waals surface area contributed by atoms with E-state index in [0.717, 1.165) is 48.6 Å². The number of fused-ring (bicyclic) bond motifs is 1. The molecule has 0 atom stereocenters. The molecule has 1 aliphatic heterocycles. The largest absolute Gasteiger partial charge is 0.378 e. The molecule has 3 aromatic rings. The standard InChI is InChI=1S/C20H20N4O2/c25-20(19-17-6-2-1-4-15(17)8-9-21-19)22-14-16-5-3-7-18(23-16)24-10-12-26-13-11-24/h1-9H,10-14H2,(H,22,25). The minimum atomic E-state index is -0.194. The van der Waals surface area contributed by atoms with E-state index in [2.05, 4.69) is 20.2 Å². The highest BCUT2D eigenvalue weighted by molar-refractivity contribution is 6.05. The Morgan fingerprint density at radius 1 is 1.08 bits per heavy atom. The van der Waals surface area contributed by atoms with Gasteiger partial charge in [0.15, 0.2) is 0 Å². The van der Waals surface area contributed by atoms with E-state index in [-0.39, 0.29) is 5.91 Å². The number of amides is 1. The van der Waals surface area contributed by atoms with E-state index in [1.165, 1.54) is 0 Å². The van der Waals surface area contributed by atoms with Crippen LogP contribution in [0.15, 0.2) is 54.7 Å². The maximum atomic E-state index is 12.6. The van der Waals surface area contributed by atoms with E-state index in [1.807, 2.05) is 48.5 Å². The molecule has 1 saturated heterocycles. The van der Waals surface area contributed by atoms with Gasteiger partial charge in [0.1, 0.15) is 11.5 Å². The quantitative estimate of drug-likeness (QED) is 0.784. The molecule has 0 bridgehead atoms. The second-order valence-corrected chi connectivity index (χ2v) is 6.15. The summed E-state index contributed by atoms with van der Waals surface area (Å²) in [5.74, 6) is 0.726. The molecule has 1 fully saturated rings. The number of morpholine rings is 1. The van der Waals surface area contributed by atoms with Crippen molar-refractivity contribution >= 4 is 22.5 Å². The molecule has 1 N–H and O–H groups in total. The molecule has 0 spiro atoms. The number of hydrogen-bond acceptors (Lipinski definition) is 5. The third-order valence-electron chi connectivity index (χ3n) is 4.45. The van der Waals surface area contributed by atoms with Crippen molar-refractivity contribution in [3.63, 3.8) is 0 Å². The summed E-state index contributed by atoms with van der Waals surface area (Å²) in [5, 5.41) is 4.78. The van der Waals surface area contributed by atoms with E-state index in [0.29, 0.717) is 12.2 Å². The molecule has 2 aromatic heterocycles. The van der Waals surface area contributed by atoms with Crippen LogP contribution in [0.25, 0.3) is 10.8 Å². The van der Waals surface area contributed by atoms with Crippen LogP contribution in [-0.2, 0) is 11.3 Å². The number of nitrogens with one attached hydrogen (secondary N) is 1. The van der Waals surface area contributed by atoms with Crippen LogP contribution < -0.4 is 10.2 Å². The lowest BCUT2D eigenvalue weighted by atomic mass is 10.1. The molecule has 0 saturated carbocycles. The van der Waals surface area contributed by atoms with Gasteiger partial charge in [0.05, 0.1) is 25.5 Å². The zero-order valence-corrected chi connectivity index (χ0v) is 14.4. The zero-order valence-electron chi connectivity index (χ0n) is 14.4. The van der Waals surface area contributed by atoms with Gasteiger partial charge in [-0.05, 0) is 23.6 Å². The van der Waals surface area contributed by atoms with Crippen molar-refractivity contribution in [2.45, 2.75) is 6.54 Å². The number of pyridine rings is 2. The highest BCUT2D eigenvalue weighted by atomic mass is 16.5. The number of benzene rings is 1. The first kappa shape index (κ1) is 16.5. The Kier molecular flexibility index (Phi) is 4.75. The van der Waals surface area contributed by atoms with Gasteiger partial charge in [-0.15, -0.1) is 0 Å². The van der Waals surface area contributed by atoms with Gasteiger partial charge in [-0.2, -0.15) is 0 Å². The topological polar surface area (TPSA) is 67.4 Å². The lowest BCUT2D eigenvalue weighted by Crippen LogP contribution is -2.37. The highest BCUT2D eigenvalue weighted by Crippen LogP contribution is 2.17. The SMILES string of the molecule is O=C(NCc1cccc(N2CCOCC2)n1)c1nccc2ccccc12. The zero-order chi connectivity index (χ0) is 17.8. The monoisotopic (exact) mass is 348 g/mol. The molecule has 1 amide bonds. The third-order valence-corrected chi connectivity index (χ3v) is 4.45. The Bertz CT molecular complexity index is 917. The van der Waals surface area contributed by atoms with Gasteiger partial charge in [-0.1, -0.05) is 30.3 Å². The Hall–Kier alpha value is -2.99. The van der Waals surface area contributed by atoms with Gasteiger partial charge >= 0.3 is 0 Å². The average Bonchev–Trinajstić information content (AvgIpc) is 2.72. The van der Waals surface area contributed by atoms with Crippen LogP contribution in [0.2, 0.25) is 0 Å². The summed E-state index contributed by atoms with van der Waals surface area (Å²) in [7, 11) is 0. The maximum absolute atomic E-state index is 12.6. The van der Waals surface area contributed by atoms with Crippen LogP contribution in [-0.4, -0.2) is 42.2 Å². The summed E-state index contributed by atoms with van der Waals surface area (Å²) in [5.41, 5.74) is 1.26. The predicted octanol–water partition coefficient (Wildman–Crippen LogP) is 2.40. The normalized spacial score (nSPS) is 14.4. The van der Waals surface area contributed by atoms with Crippen LogP contribution in [0, 0.1) is 0 Å². The lowest BCUT2D eigenvalue weighted by Gasteiger charge is -2.28. The summed E-state index contributed by atoms with van der Waals surface area (Å²) < 4.78 is 5.38. The molecule has 3 heterocycles. The number of carbonyl (C=O) groups is 1. The maximum Gasteiger partial charge on any atom is 0.270 e. The van der Waals surface area contributed by atoms with E-state index in [4.69, 9.17) is 4.74 Å². The predicted molar refractivity (Wildman–Crippen MR) is 100 cm³/mol. The van der Waals surface area contributed by atoms with Crippen molar-refractivity contribution in [1.82, 2.24) is 15.3 Å². The van der Waals surface area contributed by atoms with E-state index >= 15 is 0 Å². The number of nitrogens with zero attached hydrogens (tertiary/aromatic N) is 3. The van der Waals surface area contributed by atoms with Gasteiger partial charge < -0.3 is 15.0 Å². The van der Waals surface area contributed by atoms with Gasteiger partial charge in [-0.3, -0.25) is 9.78 Å². The van der Waals surface area contributed by atoms with Crippen molar-refractivity contribution in [3.05, 3.63) is 66.1 Å². The summed E-state index contributed by atoms with van der Waals surface area (Å²) >= 11 is 0. The first-order chi connectivity index (χ1) is 12.8. The van der Waals surface area contributed by atoms with Crippen molar-refractivity contribution in [1.29, 1.82) is 0 Å². The molecule has 132 valence electrons. The second kappa shape index (κ2) is 7.49. The van der Waals surface area contributed by atoms with Gasteiger partial charge in [0.25, 0.3) is 5.91 Å². The molecule has 1 aliphatic rings. The van der Waals surface area contributed by atoms with Crippen LogP contribution in [0.3, 0.4) is 0 Å². The Labute approximate surface area is 151 Å². The highest BCUT2D eigenvalue weighted by Gasteiger charge is 2.14. The van der Waals surface area contributed by atoms with E-state index < -0.39 is 0 Å². The van der Waals surface area contributed by atoms with Crippen molar-refractivity contribution in [2.24, 2.45) is 0 Å². The number of ether oxygens (including phenoxy) is 1. The van der Waals surface area contributed by atoms with Crippen LogP contribution in [0.4, 0.5) is 5.82 Å². The number of carbonyl (C=O) groups excluding carboxylic acids is 1. The molecule has 6 nitrogen and oxygen atoms in total. The average molecular weight is 348 g/mol. The summed E-state index contributed by atoms with van der Waals surface area (Å²) in [4.78, 5) is 23.7. The lowest BCUT2D eigenvalue weighted by molar-refractivity contribution is 0.0947. The summed E-state index contributed by atoms with van der Waals surface area (Å²) in [6.45, 7) is 3.47. The Morgan fingerprint density at radius 2 is 1.92 bits per heavy atom. The molecule has 6 heteroatoms.